The molecule has 0 radical (unpaired) electrons. The van der Waals surface area contributed by atoms with Gasteiger partial charge in [-0.2, -0.15) is 0 Å². The lowest BCUT2D eigenvalue weighted by Gasteiger charge is -2.35. The van der Waals surface area contributed by atoms with E-state index in [1.54, 1.807) is 19.5 Å². The minimum absolute atomic E-state index is 0.151. The van der Waals surface area contributed by atoms with Crippen LogP contribution in [0.2, 0.25) is 0 Å². The summed E-state index contributed by atoms with van der Waals surface area (Å²) >= 11 is 0. The molecule has 0 saturated carbocycles. The van der Waals surface area contributed by atoms with E-state index in [2.05, 4.69) is 34.1 Å². The van der Waals surface area contributed by atoms with Crippen LogP contribution in [0.3, 0.4) is 0 Å². The average molecular weight is 353 g/mol. The van der Waals surface area contributed by atoms with Gasteiger partial charge in [0.05, 0.1) is 12.6 Å². The molecule has 1 aliphatic rings. The molecule has 0 fully saturated rings. The summed E-state index contributed by atoms with van der Waals surface area (Å²) in [7, 11) is 1.67. The highest BCUT2D eigenvalue weighted by molar-refractivity contribution is 5.81. The SMILES string of the molecule is COCCN(Cc1ccncc1)C(=O)C(C)N1CCc2ccccc2C1. The first-order valence-electron chi connectivity index (χ1n) is 9.16. The summed E-state index contributed by atoms with van der Waals surface area (Å²) in [5.74, 6) is 0.151. The zero-order chi connectivity index (χ0) is 18.4. The predicted molar refractivity (Wildman–Crippen MR) is 102 cm³/mol. The molecule has 0 saturated heterocycles. The Balaban J connectivity index is 1.69. The van der Waals surface area contributed by atoms with Gasteiger partial charge in [0.25, 0.3) is 0 Å². The van der Waals surface area contributed by atoms with Gasteiger partial charge in [0.1, 0.15) is 0 Å². The Labute approximate surface area is 155 Å². The van der Waals surface area contributed by atoms with E-state index in [0.29, 0.717) is 19.7 Å². The van der Waals surface area contributed by atoms with Crippen LogP contribution in [-0.4, -0.2) is 53.5 Å². The predicted octanol–water partition coefficient (Wildman–Crippen LogP) is 2.50. The lowest BCUT2D eigenvalue weighted by molar-refractivity contribution is -0.138. The Kier molecular flexibility index (Phi) is 6.36. The molecule has 5 heteroatoms. The quantitative estimate of drug-likeness (QED) is 0.767. The Hall–Kier alpha value is -2.24. The number of hydrogen-bond acceptors (Lipinski definition) is 4. The van der Waals surface area contributed by atoms with E-state index in [9.17, 15) is 4.79 Å². The number of carbonyl (C=O) groups is 1. The van der Waals surface area contributed by atoms with Crippen LogP contribution in [0.4, 0.5) is 0 Å². The number of aromatic nitrogens is 1. The summed E-state index contributed by atoms with van der Waals surface area (Å²) in [6.07, 6.45) is 4.52. The Bertz CT molecular complexity index is 720. The first-order valence-corrected chi connectivity index (χ1v) is 9.16. The van der Waals surface area contributed by atoms with Gasteiger partial charge in [0.2, 0.25) is 5.91 Å². The van der Waals surface area contributed by atoms with Crippen molar-refractivity contribution in [1.82, 2.24) is 14.8 Å². The van der Waals surface area contributed by atoms with Gasteiger partial charge < -0.3 is 9.64 Å². The molecule has 0 bridgehead atoms. The van der Waals surface area contributed by atoms with Gasteiger partial charge in [-0.05, 0) is 42.2 Å². The van der Waals surface area contributed by atoms with Gasteiger partial charge in [-0.15, -0.1) is 0 Å². The van der Waals surface area contributed by atoms with Crippen molar-refractivity contribution in [2.75, 3.05) is 26.8 Å². The normalized spacial score (nSPS) is 15.3. The lowest BCUT2D eigenvalue weighted by atomic mass is 9.98. The lowest BCUT2D eigenvalue weighted by Crippen LogP contribution is -2.49. The largest absolute Gasteiger partial charge is 0.383 e. The van der Waals surface area contributed by atoms with E-state index in [4.69, 9.17) is 4.74 Å². The molecule has 1 aromatic heterocycles. The highest BCUT2D eigenvalue weighted by atomic mass is 16.5. The number of methoxy groups -OCH3 is 1. The molecule has 0 N–H and O–H groups in total. The summed E-state index contributed by atoms with van der Waals surface area (Å²) in [5, 5.41) is 0. The summed E-state index contributed by atoms with van der Waals surface area (Å²) < 4.78 is 5.21. The molecule has 1 unspecified atom stereocenters. The molecule has 1 amide bonds. The van der Waals surface area contributed by atoms with Gasteiger partial charge in [-0.3, -0.25) is 14.7 Å². The maximum absolute atomic E-state index is 13.2. The topological polar surface area (TPSA) is 45.7 Å². The van der Waals surface area contributed by atoms with E-state index >= 15 is 0 Å². The molecular formula is C21H27N3O2. The molecule has 0 spiro atoms. The first-order chi connectivity index (χ1) is 12.7. The zero-order valence-electron chi connectivity index (χ0n) is 15.6. The van der Waals surface area contributed by atoms with Crippen LogP contribution >= 0.6 is 0 Å². The number of amides is 1. The maximum Gasteiger partial charge on any atom is 0.240 e. The molecule has 0 aliphatic carbocycles. The number of carbonyl (C=O) groups excluding carboxylic acids is 1. The van der Waals surface area contributed by atoms with Crippen LogP contribution < -0.4 is 0 Å². The van der Waals surface area contributed by atoms with Gasteiger partial charge in [0, 0.05) is 45.7 Å². The molecular weight excluding hydrogens is 326 g/mol. The van der Waals surface area contributed by atoms with Crippen LogP contribution in [0.25, 0.3) is 0 Å². The fourth-order valence-electron chi connectivity index (χ4n) is 3.45. The second kappa shape index (κ2) is 8.92. The number of benzene rings is 1. The van der Waals surface area contributed by atoms with E-state index in [0.717, 1.165) is 25.1 Å². The van der Waals surface area contributed by atoms with Crippen molar-refractivity contribution < 1.29 is 9.53 Å². The monoisotopic (exact) mass is 353 g/mol. The van der Waals surface area contributed by atoms with Crippen molar-refractivity contribution in [1.29, 1.82) is 0 Å². The molecule has 1 aliphatic heterocycles. The van der Waals surface area contributed by atoms with Crippen LogP contribution in [0.15, 0.2) is 48.8 Å². The van der Waals surface area contributed by atoms with E-state index in [-0.39, 0.29) is 11.9 Å². The third-order valence-corrected chi connectivity index (χ3v) is 5.07. The number of ether oxygens (including phenoxy) is 1. The fourth-order valence-corrected chi connectivity index (χ4v) is 3.45. The van der Waals surface area contributed by atoms with E-state index in [1.165, 1.54) is 11.1 Å². The van der Waals surface area contributed by atoms with Gasteiger partial charge in [0.15, 0.2) is 0 Å². The number of nitrogens with zero attached hydrogens (tertiary/aromatic N) is 3. The minimum Gasteiger partial charge on any atom is -0.383 e. The second-order valence-electron chi connectivity index (χ2n) is 6.77. The molecule has 3 rings (SSSR count). The highest BCUT2D eigenvalue weighted by Gasteiger charge is 2.28. The van der Waals surface area contributed by atoms with Crippen molar-refractivity contribution >= 4 is 5.91 Å². The van der Waals surface area contributed by atoms with E-state index < -0.39 is 0 Å². The average Bonchev–Trinajstić information content (AvgIpc) is 2.70. The van der Waals surface area contributed by atoms with Crippen molar-refractivity contribution in [3.8, 4) is 0 Å². The Morgan fingerprint density at radius 1 is 1.23 bits per heavy atom. The summed E-state index contributed by atoms with van der Waals surface area (Å²) in [4.78, 5) is 21.4. The number of pyridine rings is 1. The third-order valence-electron chi connectivity index (χ3n) is 5.07. The van der Waals surface area contributed by atoms with Crippen LogP contribution in [0, 0.1) is 0 Å². The molecule has 138 valence electrons. The van der Waals surface area contributed by atoms with E-state index in [1.807, 2.05) is 24.0 Å². The van der Waals surface area contributed by atoms with Gasteiger partial charge in [-0.25, -0.2) is 0 Å². The zero-order valence-corrected chi connectivity index (χ0v) is 15.6. The number of hydrogen-bond donors (Lipinski definition) is 0. The van der Waals surface area contributed by atoms with Crippen molar-refractivity contribution in [3.63, 3.8) is 0 Å². The molecule has 1 aromatic carbocycles. The number of fused-ring (bicyclic) bond motifs is 1. The molecule has 26 heavy (non-hydrogen) atoms. The summed E-state index contributed by atoms with van der Waals surface area (Å²) in [5.41, 5.74) is 3.81. The van der Waals surface area contributed by atoms with Crippen LogP contribution in [0.1, 0.15) is 23.6 Å². The van der Waals surface area contributed by atoms with Crippen molar-refractivity contribution in [2.24, 2.45) is 0 Å². The van der Waals surface area contributed by atoms with Gasteiger partial charge >= 0.3 is 0 Å². The van der Waals surface area contributed by atoms with Crippen molar-refractivity contribution in [3.05, 3.63) is 65.5 Å². The standard InChI is InChI=1S/C21H27N3O2/c1-17(23-12-9-19-5-3-4-6-20(19)16-23)21(25)24(13-14-26-2)15-18-7-10-22-11-8-18/h3-8,10-11,17H,9,12-16H2,1-2H3. The Morgan fingerprint density at radius 3 is 2.69 bits per heavy atom. The van der Waals surface area contributed by atoms with Crippen LogP contribution in [0.5, 0.6) is 0 Å². The first kappa shape index (κ1) is 18.5. The molecule has 2 aromatic rings. The fraction of sp³-hybridized carbons (Fsp3) is 0.429. The maximum atomic E-state index is 13.2. The minimum atomic E-state index is -0.151. The molecule has 1 atom stereocenters. The van der Waals surface area contributed by atoms with Crippen LogP contribution in [-0.2, 0) is 29.0 Å². The summed E-state index contributed by atoms with van der Waals surface area (Å²) in [6.45, 7) is 5.47. The highest BCUT2D eigenvalue weighted by Crippen LogP contribution is 2.21. The number of rotatable bonds is 7. The smallest absolute Gasteiger partial charge is 0.240 e. The van der Waals surface area contributed by atoms with Crippen molar-refractivity contribution in [2.45, 2.75) is 32.5 Å². The van der Waals surface area contributed by atoms with Gasteiger partial charge in [-0.1, -0.05) is 24.3 Å². The Morgan fingerprint density at radius 2 is 1.96 bits per heavy atom. The third kappa shape index (κ3) is 4.48. The second-order valence-corrected chi connectivity index (χ2v) is 6.77. The molecule has 2 heterocycles. The summed E-state index contributed by atoms with van der Waals surface area (Å²) in [6, 6.07) is 12.3. The molecule has 5 nitrogen and oxygen atoms in total.